The summed E-state index contributed by atoms with van der Waals surface area (Å²) >= 11 is 0. The predicted molar refractivity (Wildman–Crippen MR) is 233 cm³/mol. The molecule has 0 saturated heterocycles. The maximum absolute atomic E-state index is 2.60. The molecule has 10 aromatic rings. The molecule has 0 spiro atoms. The van der Waals surface area contributed by atoms with Crippen LogP contribution in [0.1, 0.15) is 0 Å². The van der Waals surface area contributed by atoms with Gasteiger partial charge in [0.1, 0.15) is 0 Å². The maximum Gasteiger partial charge on any atom is 0.252 e. The molecule has 252 valence electrons. The highest BCUT2D eigenvalue weighted by molar-refractivity contribution is 7.00. The Morgan fingerprint density at radius 3 is 1.73 bits per heavy atom. The van der Waals surface area contributed by atoms with E-state index in [1.165, 1.54) is 111 Å². The van der Waals surface area contributed by atoms with Crippen LogP contribution < -0.4 is 21.3 Å². The van der Waals surface area contributed by atoms with Gasteiger partial charge in [-0.05, 0) is 108 Å². The number of aromatic nitrogens is 1. The van der Waals surface area contributed by atoms with Gasteiger partial charge in [-0.1, -0.05) is 152 Å². The second kappa shape index (κ2) is 10.7. The fourth-order valence-electron chi connectivity index (χ4n) is 10.3. The van der Waals surface area contributed by atoms with Crippen LogP contribution in [0, 0.1) is 0 Å². The van der Waals surface area contributed by atoms with Crippen molar-refractivity contribution >= 4 is 72.7 Å². The molecule has 0 amide bonds. The molecule has 0 radical (unpaired) electrons. The second-order valence-electron chi connectivity index (χ2n) is 15.2. The van der Waals surface area contributed by atoms with Crippen LogP contribution in [0.3, 0.4) is 0 Å². The third-order valence-electron chi connectivity index (χ3n) is 12.5. The fraction of sp³-hybridized carbons (Fsp3) is 0. The highest BCUT2D eigenvalue weighted by atomic mass is 15.2. The Balaban J connectivity index is 1.16. The Hall–Kier alpha value is -7.10. The van der Waals surface area contributed by atoms with Crippen LogP contribution in [0.4, 0.5) is 17.1 Å². The molecule has 1 aliphatic carbocycles. The largest absolute Gasteiger partial charge is 0.311 e. The summed E-state index contributed by atoms with van der Waals surface area (Å²) < 4.78 is 2.60. The van der Waals surface area contributed by atoms with Crippen LogP contribution in [0.5, 0.6) is 0 Å². The monoisotopic (exact) mass is 694 g/mol. The second-order valence-corrected chi connectivity index (χ2v) is 15.2. The van der Waals surface area contributed by atoms with Gasteiger partial charge in [-0.3, -0.25) is 0 Å². The first-order valence-corrected chi connectivity index (χ1v) is 19.2. The van der Waals surface area contributed by atoms with E-state index in [1.54, 1.807) is 0 Å². The minimum absolute atomic E-state index is 0.0450. The molecule has 3 heteroatoms. The molecule has 13 rings (SSSR count). The Morgan fingerprint density at radius 1 is 0.364 bits per heavy atom. The number of nitrogens with zero attached hydrogens (tertiary/aromatic N) is 2. The van der Waals surface area contributed by atoms with Gasteiger partial charge < -0.3 is 9.47 Å². The molecule has 2 nitrogen and oxygen atoms in total. The Bertz CT molecular complexity index is 3250. The molecule has 0 fully saturated rings. The molecule has 9 aromatic carbocycles. The zero-order valence-corrected chi connectivity index (χ0v) is 29.9. The van der Waals surface area contributed by atoms with E-state index < -0.39 is 0 Å². The van der Waals surface area contributed by atoms with Crippen LogP contribution in [0.25, 0.3) is 82.8 Å². The van der Waals surface area contributed by atoms with Crippen LogP contribution >= 0.6 is 0 Å². The van der Waals surface area contributed by atoms with E-state index in [0.717, 1.165) is 5.69 Å². The lowest BCUT2D eigenvalue weighted by Gasteiger charge is -2.40. The maximum atomic E-state index is 2.60. The molecule has 3 aliphatic rings. The molecule has 0 atom stereocenters. The van der Waals surface area contributed by atoms with Gasteiger partial charge in [0.25, 0.3) is 6.71 Å². The van der Waals surface area contributed by atoms with Crippen molar-refractivity contribution in [3.63, 3.8) is 0 Å². The highest BCUT2D eigenvalue weighted by Crippen LogP contribution is 2.51. The van der Waals surface area contributed by atoms with Gasteiger partial charge >= 0.3 is 0 Å². The predicted octanol–water partition coefficient (Wildman–Crippen LogP) is 11.5. The van der Waals surface area contributed by atoms with Crippen LogP contribution in [-0.4, -0.2) is 11.3 Å². The minimum atomic E-state index is 0.0450. The van der Waals surface area contributed by atoms with Gasteiger partial charge in [-0.15, -0.1) is 0 Å². The summed E-state index contributed by atoms with van der Waals surface area (Å²) in [4.78, 5) is 2.51. The smallest absolute Gasteiger partial charge is 0.252 e. The first-order valence-electron chi connectivity index (χ1n) is 19.2. The molecule has 2 aliphatic heterocycles. The fourth-order valence-corrected chi connectivity index (χ4v) is 10.3. The van der Waals surface area contributed by atoms with Crippen molar-refractivity contribution < 1.29 is 0 Å². The minimum Gasteiger partial charge on any atom is -0.311 e. The molecule has 0 N–H and O–H groups in total. The molecule has 55 heavy (non-hydrogen) atoms. The average Bonchev–Trinajstić information content (AvgIpc) is 3.55. The van der Waals surface area contributed by atoms with Crippen molar-refractivity contribution in [2.24, 2.45) is 0 Å². The van der Waals surface area contributed by atoms with Crippen molar-refractivity contribution in [1.82, 2.24) is 4.57 Å². The zero-order valence-electron chi connectivity index (χ0n) is 29.9. The molecule has 0 bridgehead atoms. The van der Waals surface area contributed by atoms with Crippen molar-refractivity contribution in [3.8, 4) is 50.2 Å². The molecular formula is C52H31BN2. The SMILES string of the molecule is c1ccc(-c2ccc(N3c4ccc(-c5ccccc5)cc4B4c5c3cccc5-n3c5cccc6c5c5c7c(cccc7cc4c53)-c3ccccc3-6)cc2)cc1. The number of fused-ring (bicyclic) bond motifs is 8. The van der Waals surface area contributed by atoms with Gasteiger partial charge in [0.2, 0.25) is 0 Å². The summed E-state index contributed by atoms with van der Waals surface area (Å²) in [6, 6.07) is 70.1. The quantitative estimate of drug-likeness (QED) is 0.167. The van der Waals surface area contributed by atoms with Crippen molar-refractivity contribution in [3.05, 3.63) is 188 Å². The third-order valence-corrected chi connectivity index (χ3v) is 12.5. The molecule has 0 saturated carbocycles. The standard InChI is InChI=1S/C52H31BN2/c1-3-12-32(13-4-1)34-24-27-37(28-25-34)54-44-29-26-35(33-14-5-2-6-15-33)30-42(44)53-43-31-36-16-9-19-40-38-17-7-8-18-39(38)41-20-10-21-45-49(41)50(48(36)40)52(43)55(45)47-23-11-22-46(54)51(47)53/h1-31H. The summed E-state index contributed by atoms with van der Waals surface area (Å²) in [7, 11) is 0. The first kappa shape index (κ1) is 29.4. The van der Waals surface area contributed by atoms with E-state index in [-0.39, 0.29) is 6.71 Å². The van der Waals surface area contributed by atoms with Crippen LogP contribution in [0.2, 0.25) is 0 Å². The lowest BCUT2D eigenvalue weighted by Crippen LogP contribution is -2.60. The van der Waals surface area contributed by atoms with E-state index in [2.05, 4.69) is 198 Å². The summed E-state index contributed by atoms with van der Waals surface area (Å²) in [5.74, 6) is 0. The van der Waals surface area contributed by atoms with E-state index in [1.807, 2.05) is 0 Å². The number of rotatable bonds is 3. The Kier molecular flexibility index (Phi) is 5.74. The van der Waals surface area contributed by atoms with Gasteiger partial charge in [-0.2, -0.15) is 0 Å². The normalized spacial score (nSPS) is 13.0. The van der Waals surface area contributed by atoms with Gasteiger partial charge in [-0.25, -0.2) is 0 Å². The van der Waals surface area contributed by atoms with Crippen molar-refractivity contribution in [2.45, 2.75) is 0 Å². The number of benzene rings is 9. The molecule has 3 heterocycles. The van der Waals surface area contributed by atoms with E-state index in [9.17, 15) is 0 Å². The molecular weight excluding hydrogens is 663 g/mol. The van der Waals surface area contributed by atoms with E-state index in [0.29, 0.717) is 0 Å². The van der Waals surface area contributed by atoms with E-state index >= 15 is 0 Å². The van der Waals surface area contributed by atoms with Crippen LogP contribution in [0.15, 0.2) is 188 Å². The summed E-state index contributed by atoms with van der Waals surface area (Å²) in [6.45, 7) is 0.0450. The number of anilines is 3. The lowest BCUT2D eigenvalue weighted by atomic mass is 9.33. The lowest BCUT2D eigenvalue weighted by molar-refractivity contribution is 1.18. The molecule has 1 aromatic heterocycles. The Labute approximate surface area is 319 Å². The number of hydrogen-bond donors (Lipinski definition) is 0. The van der Waals surface area contributed by atoms with E-state index in [4.69, 9.17) is 0 Å². The summed E-state index contributed by atoms with van der Waals surface area (Å²) in [6.07, 6.45) is 0. The first-order chi connectivity index (χ1) is 27.3. The highest BCUT2D eigenvalue weighted by Gasteiger charge is 2.43. The number of hydrogen-bond acceptors (Lipinski definition) is 1. The van der Waals surface area contributed by atoms with Crippen molar-refractivity contribution in [1.29, 1.82) is 0 Å². The van der Waals surface area contributed by atoms with Gasteiger partial charge in [0.05, 0.1) is 11.0 Å². The Morgan fingerprint density at radius 2 is 0.964 bits per heavy atom. The molecule has 0 unspecified atom stereocenters. The summed E-state index contributed by atoms with van der Waals surface area (Å²) in [5.41, 5.74) is 21.7. The third kappa shape index (κ3) is 3.84. The zero-order chi connectivity index (χ0) is 35.8. The average molecular weight is 695 g/mol. The van der Waals surface area contributed by atoms with Gasteiger partial charge in [0, 0.05) is 33.5 Å². The van der Waals surface area contributed by atoms with Gasteiger partial charge in [0.15, 0.2) is 0 Å². The summed E-state index contributed by atoms with van der Waals surface area (Å²) in [5, 5.41) is 5.38. The van der Waals surface area contributed by atoms with Crippen LogP contribution in [-0.2, 0) is 0 Å². The topological polar surface area (TPSA) is 8.17 Å². The van der Waals surface area contributed by atoms with Crippen molar-refractivity contribution in [2.75, 3.05) is 4.90 Å².